The number of ether oxygens (including phenoxy) is 2. The number of aliphatic hydroxyl groups excluding tert-OH is 1. The van der Waals surface area contributed by atoms with Crippen molar-refractivity contribution in [3.63, 3.8) is 0 Å². The summed E-state index contributed by atoms with van der Waals surface area (Å²) in [7, 11) is -7.50. The minimum Gasteiger partial charge on any atom is -0.491 e. The number of fused-ring (bicyclic) bond motifs is 1. The number of sulfone groups is 1. The van der Waals surface area contributed by atoms with Gasteiger partial charge in [0.05, 0.1) is 28.0 Å². The van der Waals surface area contributed by atoms with Gasteiger partial charge in [-0.05, 0) is 56.5 Å². The Morgan fingerprint density at radius 2 is 1.88 bits per heavy atom. The van der Waals surface area contributed by atoms with Crippen molar-refractivity contribution in [3.05, 3.63) is 64.7 Å². The highest BCUT2D eigenvalue weighted by molar-refractivity contribution is 7.90. The predicted molar refractivity (Wildman–Crippen MR) is 158 cm³/mol. The minimum absolute atomic E-state index is 0.0273. The molecule has 0 bridgehead atoms. The molecule has 2 aliphatic rings. The largest absolute Gasteiger partial charge is 0.491 e. The van der Waals surface area contributed by atoms with E-state index in [4.69, 9.17) is 9.47 Å². The van der Waals surface area contributed by atoms with Crippen molar-refractivity contribution < 1.29 is 35.8 Å². The molecular formula is C29H36FN3O8S2. The van der Waals surface area contributed by atoms with Gasteiger partial charge in [-0.25, -0.2) is 21.2 Å². The normalized spacial score (nSPS) is 20.0. The highest BCUT2D eigenvalue weighted by Gasteiger charge is 2.45. The Morgan fingerprint density at radius 3 is 2.58 bits per heavy atom. The van der Waals surface area contributed by atoms with E-state index in [-0.39, 0.29) is 53.0 Å². The van der Waals surface area contributed by atoms with Crippen LogP contribution >= 0.6 is 0 Å². The smallest absolute Gasteiger partial charge is 0.248 e. The number of sulfonamides is 1. The van der Waals surface area contributed by atoms with Gasteiger partial charge in [0, 0.05) is 44.7 Å². The second-order valence-corrected chi connectivity index (χ2v) is 15.1. The van der Waals surface area contributed by atoms with E-state index in [0.717, 1.165) is 6.26 Å². The van der Waals surface area contributed by atoms with E-state index in [9.17, 15) is 31.1 Å². The van der Waals surface area contributed by atoms with Crippen LogP contribution in [0.2, 0.25) is 0 Å². The number of aromatic nitrogens is 1. The molecule has 2 atom stereocenters. The summed E-state index contributed by atoms with van der Waals surface area (Å²) in [4.78, 5) is 12.9. The topological polar surface area (TPSA) is 144 Å². The van der Waals surface area contributed by atoms with E-state index in [1.165, 1.54) is 45.4 Å². The number of hydrogen-bond acceptors (Lipinski definition) is 9. The lowest BCUT2D eigenvalue weighted by molar-refractivity contribution is -0.0312. The molecule has 0 amide bonds. The number of hydrogen-bond donors (Lipinski definition) is 2. The third kappa shape index (κ3) is 6.64. The monoisotopic (exact) mass is 637 g/mol. The fourth-order valence-corrected chi connectivity index (χ4v) is 7.97. The van der Waals surface area contributed by atoms with Gasteiger partial charge >= 0.3 is 0 Å². The van der Waals surface area contributed by atoms with Crippen LogP contribution in [0.5, 0.6) is 5.75 Å². The number of rotatable bonds is 10. The molecule has 5 rings (SSSR count). The van der Waals surface area contributed by atoms with E-state index in [1.807, 2.05) is 0 Å². The number of piperidine rings is 1. The quantitative estimate of drug-likeness (QED) is 0.341. The summed E-state index contributed by atoms with van der Waals surface area (Å²) in [6, 6.07) is 10.1. The number of aryl methyl sites for hydroxylation is 1. The van der Waals surface area contributed by atoms with Crippen molar-refractivity contribution in [2.45, 2.75) is 60.3 Å². The molecule has 2 fully saturated rings. The van der Waals surface area contributed by atoms with Gasteiger partial charge in [0.1, 0.15) is 29.2 Å². The van der Waals surface area contributed by atoms with Crippen LogP contribution in [0.15, 0.2) is 63.2 Å². The third-order valence-electron chi connectivity index (χ3n) is 8.13. The maximum atomic E-state index is 14.5. The summed E-state index contributed by atoms with van der Waals surface area (Å²) in [6.45, 7) is 2.98. The first-order chi connectivity index (χ1) is 20.3. The lowest BCUT2D eigenvalue weighted by atomic mass is 9.88. The maximum Gasteiger partial charge on any atom is 0.248 e. The van der Waals surface area contributed by atoms with Crippen LogP contribution in [0.3, 0.4) is 0 Å². The maximum absolute atomic E-state index is 14.5. The van der Waals surface area contributed by atoms with Crippen LogP contribution < -0.4 is 15.5 Å². The first-order valence-electron chi connectivity index (χ1n) is 14.1. The van der Waals surface area contributed by atoms with Gasteiger partial charge in [-0.1, -0.05) is 12.1 Å². The van der Waals surface area contributed by atoms with Crippen LogP contribution in [-0.4, -0.2) is 87.7 Å². The van der Waals surface area contributed by atoms with Crippen molar-refractivity contribution in [2.75, 3.05) is 39.1 Å². The second kappa shape index (κ2) is 12.3. The first kappa shape index (κ1) is 31.5. The first-order valence-corrected chi connectivity index (χ1v) is 17.5. The van der Waals surface area contributed by atoms with Gasteiger partial charge in [-0.2, -0.15) is 4.31 Å². The van der Waals surface area contributed by atoms with E-state index in [1.54, 1.807) is 19.1 Å². The third-order valence-corrected chi connectivity index (χ3v) is 11.1. The van der Waals surface area contributed by atoms with Crippen LogP contribution in [-0.2, 0) is 31.1 Å². The van der Waals surface area contributed by atoms with Crippen molar-refractivity contribution in [1.29, 1.82) is 0 Å². The zero-order valence-electron chi connectivity index (χ0n) is 24.0. The fraction of sp³-hybridized carbons (Fsp3) is 0.483. The average molecular weight is 638 g/mol. The van der Waals surface area contributed by atoms with Gasteiger partial charge in [0.25, 0.3) is 0 Å². The van der Waals surface area contributed by atoms with E-state index >= 15 is 0 Å². The highest BCUT2D eigenvalue weighted by Crippen LogP contribution is 2.37. The fourth-order valence-electron chi connectivity index (χ4n) is 5.77. The Morgan fingerprint density at radius 1 is 1.16 bits per heavy atom. The van der Waals surface area contributed by atoms with Gasteiger partial charge < -0.3 is 24.5 Å². The van der Waals surface area contributed by atoms with Crippen LogP contribution in [0, 0.1) is 5.82 Å². The zero-order chi connectivity index (χ0) is 31.0. The lowest BCUT2D eigenvalue weighted by Crippen LogP contribution is -2.47. The van der Waals surface area contributed by atoms with Crippen LogP contribution in [0.25, 0.3) is 10.9 Å². The Bertz CT molecular complexity index is 1770. The standard InChI is InChI=1S/C29H36FN3O8S2/c1-3-32-17-26(28(35)24-8-5-9-25(30)27(24)32)43(38,39)33-12-10-29(11-13-33)15-20(18-41-29)31-16-21(34)19-40-22-6-4-7-23(14-22)42(2,36)37/h4-9,14,17,20-21,31,34H,3,10-13,15-16,18-19H2,1-2H3/t20-,21+/m1/s1. The average Bonchev–Trinajstić information content (AvgIpc) is 3.37. The molecule has 2 aliphatic heterocycles. The van der Waals surface area contributed by atoms with Crippen LogP contribution in [0.1, 0.15) is 26.2 Å². The zero-order valence-corrected chi connectivity index (χ0v) is 25.7. The molecule has 43 heavy (non-hydrogen) atoms. The Labute approximate surface area is 250 Å². The Balaban J connectivity index is 1.16. The van der Waals surface area contributed by atoms with Gasteiger partial charge in [-0.3, -0.25) is 4.79 Å². The number of pyridine rings is 1. The van der Waals surface area contributed by atoms with Gasteiger partial charge in [0.15, 0.2) is 9.84 Å². The molecule has 3 aromatic rings. The van der Waals surface area contributed by atoms with Crippen molar-refractivity contribution in [3.8, 4) is 5.75 Å². The number of nitrogens with zero attached hydrogens (tertiary/aromatic N) is 2. The molecule has 0 aliphatic carbocycles. The minimum atomic E-state index is -4.13. The number of para-hydroxylation sites is 1. The summed E-state index contributed by atoms with van der Waals surface area (Å²) in [6.07, 6.45) is 3.00. The Hall–Kier alpha value is -2.88. The number of halogens is 1. The van der Waals surface area contributed by atoms with Gasteiger partial charge in [-0.15, -0.1) is 0 Å². The van der Waals surface area contributed by atoms with E-state index in [0.29, 0.717) is 38.2 Å². The molecule has 0 saturated carbocycles. The molecule has 2 saturated heterocycles. The summed E-state index contributed by atoms with van der Waals surface area (Å²) in [5.74, 6) is -0.238. The second-order valence-electron chi connectivity index (χ2n) is 11.2. The number of benzene rings is 2. The van der Waals surface area contributed by atoms with E-state index < -0.39 is 42.8 Å². The van der Waals surface area contributed by atoms with Crippen molar-refractivity contribution in [2.24, 2.45) is 0 Å². The molecule has 14 heteroatoms. The molecule has 1 spiro atoms. The summed E-state index contributed by atoms with van der Waals surface area (Å²) in [5, 5.41) is 13.7. The summed E-state index contributed by atoms with van der Waals surface area (Å²) in [5.41, 5.74) is -1.15. The molecule has 11 nitrogen and oxygen atoms in total. The summed E-state index contributed by atoms with van der Waals surface area (Å²) >= 11 is 0. The molecule has 2 N–H and O–H groups in total. The highest BCUT2D eigenvalue weighted by atomic mass is 32.2. The molecule has 3 heterocycles. The van der Waals surface area contributed by atoms with Gasteiger partial charge in [0.2, 0.25) is 15.5 Å². The number of nitrogens with one attached hydrogen (secondary N) is 1. The molecule has 1 aromatic heterocycles. The molecule has 0 unspecified atom stereocenters. The number of aliphatic hydroxyl groups is 1. The predicted octanol–water partition coefficient (Wildman–Crippen LogP) is 1.91. The molecule has 2 aromatic carbocycles. The summed E-state index contributed by atoms with van der Waals surface area (Å²) < 4.78 is 79.6. The van der Waals surface area contributed by atoms with E-state index in [2.05, 4.69) is 5.32 Å². The lowest BCUT2D eigenvalue weighted by Gasteiger charge is -2.38. The molecule has 234 valence electrons. The Kier molecular flexibility index (Phi) is 8.99. The molecule has 0 radical (unpaired) electrons. The molecular weight excluding hydrogens is 601 g/mol. The van der Waals surface area contributed by atoms with Crippen LogP contribution in [0.4, 0.5) is 4.39 Å². The SMILES string of the molecule is CCn1cc(S(=O)(=O)N2CCC3(CC2)C[C@@H](NC[C@H](O)COc2cccc(S(C)(=O)=O)c2)CO3)c(=O)c2cccc(F)c21. The van der Waals surface area contributed by atoms with Crippen molar-refractivity contribution in [1.82, 2.24) is 14.2 Å². The van der Waals surface area contributed by atoms with Crippen molar-refractivity contribution >= 4 is 30.8 Å².